The molecule has 1 saturated carbocycles. The highest BCUT2D eigenvalue weighted by Crippen LogP contribution is 2.45. The summed E-state index contributed by atoms with van der Waals surface area (Å²) in [4.78, 5) is 33.7. The number of amides is 2. The molecular weight excluding hydrogens is 522 g/mol. The Balaban J connectivity index is 1.53. The van der Waals surface area contributed by atoms with Crippen LogP contribution in [0.4, 0.5) is 21.0 Å². The first-order valence-corrected chi connectivity index (χ1v) is 15.0. The second kappa shape index (κ2) is 13.2. The van der Waals surface area contributed by atoms with Gasteiger partial charge in [0.15, 0.2) is 0 Å². The second-order valence-electron chi connectivity index (χ2n) is 11.5. The third-order valence-corrected chi connectivity index (χ3v) is 8.83. The lowest BCUT2D eigenvalue weighted by molar-refractivity contribution is 0.138. The van der Waals surface area contributed by atoms with Crippen LogP contribution in [0.3, 0.4) is 0 Å². The number of carbonyl (C=O) groups is 2. The van der Waals surface area contributed by atoms with Crippen LogP contribution in [0.2, 0.25) is 0 Å². The standard InChI is InChI=1S/C31H43N5O5/c1-23-21-35(29(38)41-28-12-8-11-17-32-28)27-20-24(13-14-26(27)36(23)30(39)40-2)25-22-34(18-19-37)33-31(25)15-9-6-4-3-5-7-10-16-31/h8,11-14,17,20,23,25,33,37H,3-7,9-10,15-16,18-19,21-22H2,1-2H3/t23-,25?/m0/s1. The number of anilines is 2. The van der Waals surface area contributed by atoms with Crippen molar-refractivity contribution in [2.24, 2.45) is 0 Å². The highest BCUT2D eigenvalue weighted by molar-refractivity contribution is 6.01. The topological polar surface area (TPSA) is 107 Å². The number of methoxy groups -OCH3 is 1. The van der Waals surface area contributed by atoms with E-state index in [1.807, 2.05) is 19.1 Å². The second-order valence-corrected chi connectivity index (χ2v) is 11.5. The van der Waals surface area contributed by atoms with Crippen LogP contribution in [-0.4, -0.2) is 72.2 Å². The van der Waals surface area contributed by atoms with E-state index in [2.05, 4.69) is 21.5 Å². The molecule has 3 aliphatic rings. The van der Waals surface area contributed by atoms with Gasteiger partial charge in [0.05, 0.1) is 37.7 Å². The quantitative estimate of drug-likeness (QED) is 0.520. The van der Waals surface area contributed by atoms with Crippen molar-refractivity contribution in [1.29, 1.82) is 0 Å². The molecule has 1 saturated heterocycles. The summed E-state index contributed by atoms with van der Waals surface area (Å²) >= 11 is 0. The third kappa shape index (κ3) is 6.34. The molecule has 1 aliphatic carbocycles. The normalized spacial score (nSPS) is 23.2. The van der Waals surface area contributed by atoms with Crippen molar-refractivity contribution < 1.29 is 24.2 Å². The molecule has 41 heavy (non-hydrogen) atoms. The number of aromatic nitrogens is 1. The Bertz CT molecular complexity index is 1180. The van der Waals surface area contributed by atoms with Crippen LogP contribution in [-0.2, 0) is 4.74 Å². The Morgan fingerprint density at radius 3 is 2.39 bits per heavy atom. The number of hydrogen-bond acceptors (Lipinski definition) is 8. The number of nitrogens with zero attached hydrogens (tertiary/aromatic N) is 4. The third-order valence-electron chi connectivity index (χ3n) is 8.83. The summed E-state index contributed by atoms with van der Waals surface area (Å²) in [6, 6.07) is 10.9. The van der Waals surface area contributed by atoms with Crippen molar-refractivity contribution in [2.45, 2.75) is 82.2 Å². The number of hydrogen-bond donors (Lipinski definition) is 2. The van der Waals surface area contributed by atoms with E-state index < -0.39 is 12.2 Å². The Kier molecular flexibility index (Phi) is 9.42. The number of nitrogens with one attached hydrogen (secondary N) is 1. The van der Waals surface area contributed by atoms with Gasteiger partial charge in [-0.1, -0.05) is 57.1 Å². The van der Waals surface area contributed by atoms with Crippen molar-refractivity contribution >= 4 is 23.6 Å². The van der Waals surface area contributed by atoms with Crippen LogP contribution in [0.5, 0.6) is 5.88 Å². The van der Waals surface area contributed by atoms with Gasteiger partial charge in [0, 0.05) is 36.8 Å². The molecule has 2 atom stereocenters. The van der Waals surface area contributed by atoms with Crippen LogP contribution in [0.1, 0.15) is 76.2 Å². The molecule has 2 fully saturated rings. The average molecular weight is 566 g/mol. The van der Waals surface area contributed by atoms with Gasteiger partial charge in [-0.15, -0.1) is 0 Å². The number of benzene rings is 1. The Hall–Kier alpha value is -3.21. The predicted octanol–water partition coefficient (Wildman–Crippen LogP) is 5.22. The van der Waals surface area contributed by atoms with E-state index in [1.54, 1.807) is 34.2 Å². The minimum Gasteiger partial charge on any atom is -0.452 e. The zero-order chi connectivity index (χ0) is 28.8. The molecule has 0 bridgehead atoms. The van der Waals surface area contributed by atoms with Gasteiger partial charge in [-0.05, 0) is 43.5 Å². The molecule has 2 amide bonds. The highest BCUT2D eigenvalue weighted by atomic mass is 16.6. The molecule has 2 aromatic rings. The number of ether oxygens (including phenoxy) is 2. The Morgan fingerprint density at radius 1 is 1.00 bits per heavy atom. The van der Waals surface area contributed by atoms with Crippen molar-refractivity contribution in [3.8, 4) is 5.88 Å². The van der Waals surface area contributed by atoms with Crippen LogP contribution in [0, 0.1) is 0 Å². The molecule has 0 radical (unpaired) electrons. The monoisotopic (exact) mass is 565 g/mol. The maximum atomic E-state index is 13.5. The number of carbonyl (C=O) groups excluding carboxylic acids is 2. The van der Waals surface area contributed by atoms with E-state index in [-0.39, 0.29) is 36.5 Å². The van der Waals surface area contributed by atoms with E-state index >= 15 is 0 Å². The van der Waals surface area contributed by atoms with Crippen molar-refractivity contribution in [3.05, 3.63) is 48.2 Å². The van der Waals surface area contributed by atoms with E-state index in [4.69, 9.17) is 9.47 Å². The van der Waals surface area contributed by atoms with Crippen LogP contribution < -0.4 is 20.0 Å². The van der Waals surface area contributed by atoms with E-state index in [9.17, 15) is 14.7 Å². The molecule has 1 aromatic carbocycles. The minimum atomic E-state index is -0.543. The Labute approximate surface area is 242 Å². The number of fused-ring (bicyclic) bond motifs is 1. The summed E-state index contributed by atoms with van der Waals surface area (Å²) in [6.45, 7) is 3.53. The van der Waals surface area contributed by atoms with Gasteiger partial charge < -0.3 is 14.6 Å². The molecule has 3 heterocycles. The molecule has 1 aromatic heterocycles. The smallest absolute Gasteiger partial charge is 0.421 e. The zero-order valence-electron chi connectivity index (χ0n) is 24.3. The van der Waals surface area contributed by atoms with E-state index in [0.717, 1.165) is 37.8 Å². The van der Waals surface area contributed by atoms with E-state index in [1.165, 1.54) is 39.2 Å². The van der Waals surface area contributed by atoms with Gasteiger partial charge >= 0.3 is 12.2 Å². The summed E-state index contributed by atoms with van der Waals surface area (Å²) in [5.41, 5.74) is 6.02. The van der Waals surface area contributed by atoms with Crippen LogP contribution in [0.25, 0.3) is 0 Å². The molecule has 1 unspecified atom stereocenters. The fraction of sp³-hybridized carbons (Fsp3) is 0.581. The zero-order valence-corrected chi connectivity index (χ0v) is 24.3. The van der Waals surface area contributed by atoms with Crippen LogP contribution in [0.15, 0.2) is 42.6 Å². The average Bonchev–Trinajstić information content (AvgIpc) is 3.34. The summed E-state index contributed by atoms with van der Waals surface area (Å²) in [7, 11) is 1.37. The van der Waals surface area contributed by atoms with Crippen molar-refractivity contribution in [3.63, 3.8) is 0 Å². The lowest BCUT2D eigenvalue weighted by Crippen LogP contribution is -2.52. The van der Waals surface area contributed by atoms with Gasteiger partial charge in [-0.25, -0.2) is 25.0 Å². The van der Waals surface area contributed by atoms with Gasteiger partial charge in [0.1, 0.15) is 0 Å². The number of rotatable bonds is 4. The predicted molar refractivity (Wildman–Crippen MR) is 157 cm³/mol. The van der Waals surface area contributed by atoms with Crippen molar-refractivity contribution in [1.82, 2.24) is 15.4 Å². The SMILES string of the molecule is COC(=O)N1c2ccc(C3CN(CCO)NC34CCCCCCCCC4)cc2N(C(=O)Oc2ccccn2)C[C@@H]1C. The number of β-amino-alcohol motifs (C(OH)–C–C–N with tert-alkyl or cyclic N) is 1. The highest BCUT2D eigenvalue weighted by Gasteiger charge is 2.47. The lowest BCUT2D eigenvalue weighted by Gasteiger charge is -2.41. The Morgan fingerprint density at radius 2 is 1.73 bits per heavy atom. The maximum absolute atomic E-state index is 13.5. The molecule has 5 rings (SSSR count). The van der Waals surface area contributed by atoms with E-state index in [0.29, 0.717) is 17.9 Å². The fourth-order valence-corrected chi connectivity index (χ4v) is 6.84. The molecule has 1 spiro atoms. The summed E-state index contributed by atoms with van der Waals surface area (Å²) in [5.74, 6) is 0.372. The first-order valence-electron chi connectivity index (χ1n) is 15.0. The summed E-state index contributed by atoms with van der Waals surface area (Å²) < 4.78 is 10.8. The van der Waals surface area contributed by atoms with Crippen LogP contribution >= 0.6 is 0 Å². The van der Waals surface area contributed by atoms with Gasteiger partial charge in [-0.2, -0.15) is 0 Å². The first-order chi connectivity index (χ1) is 20.0. The number of aliphatic hydroxyl groups is 1. The number of hydrazine groups is 1. The van der Waals surface area contributed by atoms with Gasteiger partial charge in [0.25, 0.3) is 0 Å². The lowest BCUT2D eigenvalue weighted by atomic mass is 9.73. The van der Waals surface area contributed by atoms with Gasteiger partial charge in [0.2, 0.25) is 5.88 Å². The molecular formula is C31H43N5O5. The number of aliphatic hydroxyl groups excluding tert-OH is 1. The van der Waals surface area contributed by atoms with Gasteiger partial charge in [-0.3, -0.25) is 9.80 Å². The maximum Gasteiger partial charge on any atom is 0.421 e. The molecule has 222 valence electrons. The number of pyridine rings is 1. The molecule has 2 aliphatic heterocycles. The largest absolute Gasteiger partial charge is 0.452 e. The molecule has 10 heteroatoms. The molecule has 2 N–H and O–H groups in total. The summed E-state index contributed by atoms with van der Waals surface area (Å²) in [5, 5.41) is 11.9. The van der Waals surface area contributed by atoms with Crippen molar-refractivity contribution in [2.75, 3.05) is 43.2 Å². The summed E-state index contributed by atoms with van der Waals surface area (Å²) in [6.07, 6.45) is 11.3. The minimum absolute atomic E-state index is 0.0824. The fourth-order valence-electron chi connectivity index (χ4n) is 6.84. The molecule has 10 nitrogen and oxygen atoms in total. The first kappa shape index (κ1) is 29.3.